The van der Waals surface area contributed by atoms with Crippen LogP contribution in [-0.4, -0.2) is 63.0 Å². The molecule has 1 saturated heterocycles. The van der Waals surface area contributed by atoms with Crippen molar-refractivity contribution in [2.24, 2.45) is 21.1 Å². The zero-order valence-corrected chi connectivity index (χ0v) is 20.9. The van der Waals surface area contributed by atoms with Crippen molar-refractivity contribution >= 4 is 58.4 Å². The monoisotopic (exact) mass is 504 g/mol. The molecule has 1 saturated carbocycles. The van der Waals surface area contributed by atoms with E-state index in [4.69, 9.17) is 27.3 Å². The smallest absolute Gasteiger partial charge is 0.157 e. The number of halogens is 1. The van der Waals surface area contributed by atoms with Gasteiger partial charge in [0.25, 0.3) is 0 Å². The van der Waals surface area contributed by atoms with Crippen LogP contribution in [0.1, 0.15) is 25.0 Å². The van der Waals surface area contributed by atoms with Crippen LogP contribution in [0, 0.1) is 12.3 Å². The first-order valence-electron chi connectivity index (χ1n) is 12.0. The molecule has 1 aliphatic carbocycles. The number of rotatable bonds is 3. The molecule has 35 heavy (non-hydrogen) atoms. The zero-order chi connectivity index (χ0) is 23.7. The summed E-state index contributed by atoms with van der Waals surface area (Å²) in [5.74, 6) is 1.00. The summed E-state index contributed by atoms with van der Waals surface area (Å²) in [6, 6.07) is 6.52. The molecule has 1 spiro atoms. The number of pyridine rings is 2. The van der Waals surface area contributed by atoms with E-state index in [0.717, 1.165) is 70.5 Å². The van der Waals surface area contributed by atoms with Gasteiger partial charge in [0, 0.05) is 42.7 Å². The second-order valence-electron chi connectivity index (χ2n) is 9.84. The van der Waals surface area contributed by atoms with Crippen molar-refractivity contribution < 1.29 is 0 Å². The minimum atomic E-state index is 0.0657. The third-order valence-electron chi connectivity index (χ3n) is 8.04. The van der Waals surface area contributed by atoms with Crippen LogP contribution in [0.15, 0.2) is 50.4 Å². The maximum Gasteiger partial charge on any atom is 0.157 e. The van der Waals surface area contributed by atoms with E-state index >= 15 is 0 Å². The maximum absolute atomic E-state index is 6.75. The van der Waals surface area contributed by atoms with Gasteiger partial charge in [0.1, 0.15) is 11.2 Å². The highest BCUT2D eigenvalue weighted by Gasteiger charge is 2.53. The normalized spacial score (nSPS) is 25.3. The zero-order valence-electron chi connectivity index (χ0n) is 19.3. The Labute approximate surface area is 212 Å². The molecule has 2 unspecified atom stereocenters. The fourth-order valence-electron chi connectivity index (χ4n) is 6.10. The Morgan fingerprint density at radius 3 is 2.74 bits per heavy atom. The van der Waals surface area contributed by atoms with Gasteiger partial charge in [0.15, 0.2) is 11.5 Å². The molecule has 2 N–H and O–H groups in total. The van der Waals surface area contributed by atoms with Gasteiger partial charge in [-0.15, -0.1) is 0 Å². The van der Waals surface area contributed by atoms with E-state index in [1.807, 2.05) is 25.4 Å². The molecule has 3 atom stereocenters. The molecule has 178 valence electrons. The van der Waals surface area contributed by atoms with Crippen molar-refractivity contribution in [3.05, 3.63) is 41.3 Å². The minimum absolute atomic E-state index is 0.0657. The summed E-state index contributed by atoms with van der Waals surface area (Å²) in [5, 5.41) is 0.682. The summed E-state index contributed by atoms with van der Waals surface area (Å²) < 4.78 is 2.16. The Morgan fingerprint density at radius 2 is 1.91 bits per heavy atom. The second-order valence-corrected chi connectivity index (χ2v) is 11.3. The number of fused-ring (bicyclic) bond motifs is 1. The van der Waals surface area contributed by atoms with Crippen LogP contribution >= 0.6 is 23.4 Å². The molecule has 0 aromatic carbocycles. The van der Waals surface area contributed by atoms with E-state index in [-0.39, 0.29) is 23.5 Å². The first-order chi connectivity index (χ1) is 17.0. The van der Waals surface area contributed by atoms with Crippen molar-refractivity contribution in [3.8, 4) is 0 Å². The van der Waals surface area contributed by atoms with Gasteiger partial charge in [-0.3, -0.25) is 19.4 Å². The SMILES string of the molecule is Cc1nccc(Sc2ccc3nc(N4CCC5(CC4)CC4N=CC=NC4[C@H]5N)c4cnc2n34)c1Cl. The summed E-state index contributed by atoms with van der Waals surface area (Å²) in [6.07, 6.45) is 10.5. The van der Waals surface area contributed by atoms with Gasteiger partial charge in [0.05, 0.1) is 33.9 Å². The quantitative estimate of drug-likeness (QED) is 0.452. The van der Waals surface area contributed by atoms with Gasteiger partial charge in [-0.1, -0.05) is 23.4 Å². The van der Waals surface area contributed by atoms with Crippen LogP contribution in [0.25, 0.3) is 16.8 Å². The van der Waals surface area contributed by atoms with Crippen LogP contribution < -0.4 is 10.6 Å². The lowest BCUT2D eigenvalue weighted by molar-refractivity contribution is 0.192. The molecule has 6 heterocycles. The Kier molecular flexibility index (Phi) is 4.84. The molecule has 2 fully saturated rings. The summed E-state index contributed by atoms with van der Waals surface area (Å²) >= 11 is 8.12. The van der Waals surface area contributed by atoms with E-state index in [1.54, 1.807) is 24.2 Å². The highest BCUT2D eigenvalue weighted by Crippen LogP contribution is 2.49. The number of anilines is 1. The van der Waals surface area contributed by atoms with Crippen molar-refractivity contribution in [1.82, 2.24) is 19.4 Å². The van der Waals surface area contributed by atoms with Crippen molar-refractivity contribution in [3.63, 3.8) is 0 Å². The second kappa shape index (κ2) is 7.88. The van der Waals surface area contributed by atoms with Crippen molar-refractivity contribution in [1.29, 1.82) is 0 Å². The van der Waals surface area contributed by atoms with E-state index in [1.165, 1.54) is 0 Å². The minimum Gasteiger partial charge on any atom is -0.355 e. The number of aliphatic imine (C=N–C) groups is 2. The van der Waals surface area contributed by atoms with Crippen molar-refractivity contribution in [2.45, 2.75) is 54.1 Å². The van der Waals surface area contributed by atoms with Gasteiger partial charge < -0.3 is 10.6 Å². The molecule has 8 nitrogen and oxygen atoms in total. The predicted octanol–water partition coefficient (Wildman–Crippen LogP) is 4.04. The molecule has 2 aliphatic heterocycles. The average molecular weight is 505 g/mol. The van der Waals surface area contributed by atoms with E-state index in [9.17, 15) is 0 Å². The molecule has 7 rings (SSSR count). The molecule has 4 aromatic heterocycles. The van der Waals surface area contributed by atoms with Gasteiger partial charge in [-0.25, -0.2) is 9.97 Å². The number of hydrogen-bond acceptors (Lipinski definition) is 8. The summed E-state index contributed by atoms with van der Waals surface area (Å²) in [5.41, 5.74) is 10.5. The Morgan fingerprint density at radius 1 is 1.09 bits per heavy atom. The van der Waals surface area contributed by atoms with Gasteiger partial charge in [-0.2, -0.15) is 0 Å². The molecule has 10 heteroatoms. The Bertz CT molecular complexity index is 1490. The van der Waals surface area contributed by atoms with Crippen LogP contribution in [0.2, 0.25) is 5.02 Å². The molecule has 3 aliphatic rings. The lowest BCUT2D eigenvalue weighted by Gasteiger charge is -2.42. The largest absolute Gasteiger partial charge is 0.355 e. The number of nitrogens with two attached hydrogens (primary N) is 1. The van der Waals surface area contributed by atoms with Crippen LogP contribution in [0.5, 0.6) is 0 Å². The predicted molar refractivity (Wildman–Crippen MR) is 141 cm³/mol. The van der Waals surface area contributed by atoms with E-state index in [0.29, 0.717) is 5.02 Å². The molecular weight excluding hydrogens is 480 g/mol. The number of hydrogen-bond donors (Lipinski definition) is 1. The third-order valence-corrected chi connectivity index (χ3v) is 9.73. The van der Waals surface area contributed by atoms with Gasteiger partial charge in [-0.05, 0) is 49.8 Å². The Balaban J connectivity index is 1.17. The van der Waals surface area contributed by atoms with Crippen molar-refractivity contribution in [2.75, 3.05) is 18.0 Å². The summed E-state index contributed by atoms with van der Waals surface area (Å²) in [7, 11) is 0. The molecule has 4 aromatic rings. The first-order valence-corrected chi connectivity index (χ1v) is 13.2. The number of nitrogens with zero attached hydrogens (tertiary/aromatic N) is 7. The maximum atomic E-state index is 6.75. The van der Waals surface area contributed by atoms with Gasteiger partial charge in [0.2, 0.25) is 0 Å². The summed E-state index contributed by atoms with van der Waals surface area (Å²) in [6.45, 7) is 3.77. The fourth-order valence-corrected chi connectivity index (χ4v) is 7.30. The fraction of sp³-hybridized carbons (Fsp3) is 0.400. The topological polar surface area (TPSA) is 97.1 Å². The molecule has 0 amide bonds. The van der Waals surface area contributed by atoms with E-state index < -0.39 is 0 Å². The highest BCUT2D eigenvalue weighted by molar-refractivity contribution is 7.99. The van der Waals surface area contributed by atoms with Crippen LogP contribution in [0.3, 0.4) is 0 Å². The number of aryl methyl sites for hydroxylation is 1. The summed E-state index contributed by atoms with van der Waals surface area (Å²) in [4.78, 5) is 27.8. The van der Waals surface area contributed by atoms with E-state index in [2.05, 4.69) is 36.4 Å². The van der Waals surface area contributed by atoms with Crippen LogP contribution in [0.4, 0.5) is 5.82 Å². The van der Waals surface area contributed by atoms with Crippen LogP contribution in [-0.2, 0) is 0 Å². The molecular formula is C25H25ClN8S. The molecule has 0 radical (unpaired) electrons. The standard InChI is InChI=1S/C25H25ClN8S/c1-14-20(26)17(4-7-28-14)35-18-2-3-19-32-23(16-13-31-24(18)34(16)19)33-10-5-25(6-11-33)12-15-21(22(25)27)30-9-8-29-15/h2-4,7-9,13,15,21-22H,5-6,10-12,27H2,1H3/t15?,21?,22-/m1/s1. The third kappa shape index (κ3) is 3.21. The number of imidazole rings is 2. The van der Waals surface area contributed by atoms with Gasteiger partial charge >= 0.3 is 0 Å². The molecule has 0 bridgehead atoms. The first kappa shape index (κ1) is 21.5. The lowest BCUT2D eigenvalue weighted by atomic mass is 9.74. The highest BCUT2D eigenvalue weighted by atomic mass is 35.5. The lowest BCUT2D eigenvalue weighted by Crippen LogP contribution is -2.50. The Hall–Kier alpha value is -2.75. The number of aromatic nitrogens is 4. The average Bonchev–Trinajstić information content (AvgIpc) is 3.55. The number of piperidine rings is 1.